The first-order chi connectivity index (χ1) is 7.16. The van der Waals surface area contributed by atoms with Crippen LogP contribution in [0.4, 0.5) is 0 Å². The second-order valence-corrected chi connectivity index (χ2v) is 4.30. The Balaban J connectivity index is 1.92. The maximum atomic E-state index is 12.0. The van der Waals surface area contributed by atoms with Crippen LogP contribution in [0.25, 0.3) is 0 Å². The minimum Gasteiger partial charge on any atom is -0.344 e. The van der Waals surface area contributed by atoms with Crippen molar-refractivity contribution in [2.24, 2.45) is 0 Å². The summed E-state index contributed by atoms with van der Waals surface area (Å²) in [6, 6.07) is 0.0719. The van der Waals surface area contributed by atoms with Crippen LogP contribution in [0, 0.1) is 0 Å². The lowest BCUT2D eigenvalue weighted by molar-refractivity contribution is -0.135. The standard InChI is InChI=1S/C10H17N3O2/c1-7-6-13(5-4-11-7)10(15)8-2-3-9(14)12-8/h7-8,11H,2-6H2,1H3,(H,12,14)/t7?,8-/m1/s1. The predicted molar refractivity (Wildman–Crippen MR) is 55.2 cm³/mol. The van der Waals surface area contributed by atoms with Crippen molar-refractivity contribution in [3.05, 3.63) is 0 Å². The molecular weight excluding hydrogens is 194 g/mol. The molecule has 2 aliphatic rings. The van der Waals surface area contributed by atoms with E-state index in [0.29, 0.717) is 18.9 Å². The van der Waals surface area contributed by atoms with Gasteiger partial charge >= 0.3 is 0 Å². The number of carbonyl (C=O) groups excluding carboxylic acids is 2. The van der Waals surface area contributed by atoms with Gasteiger partial charge in [-0.2, -0.15) is 0 Å². The smallest absolute Gasteiger partial charge is 0.245 e. The van der Waals surface area contributed by atoms with E-state index in [1.165, 1.54) is 0 Å². The van der Waals surface area contributed by atoms with Gasteiger partial charge in [0.1, 0.15) is 6.04 Å². The van der Waals surface area contributed by atoms with Crippen molar-refractivity contribution in [2.45, 2.75) is 31.8 Å². The molecule has 2 heterocycles. The van der Waals surface area contributed by atoms with Gasteiger partial charge in [0, 0.05) is 32.1 Å². The molecule has 0 bridgehead atoms. The van der Waals surface area contributed by atoms with Crippen LogP contribution >= 0.6 is 0 Å². The summed E-state index contributed by atoms with van der Waals surface area (Å²) in [5.74, 6) is 0.0748. The zero-order chi connectivity index (χ0) is 10.8. The van der Waals surface area contributed by atoms with E-state index in [-0.39, 0.29) is 17.9 Å². The number of hydrogen-bond acceptors (Lipinski definition) is 3. The Bertz CT molecular complexity index is 280. The van der Waals surface area contributed by atoms with Gasteiger partial charge in [0.25, 0.3) is 0 Å². The molecule has 0 spiro atoms. The summed E-state index contributed by atoms with van der Waals surface area (Å²) in [5, 5.41) is 6.00. The van der Waals surface area contributed by atoms with E-state index < -0.39 is 0 Å². The van der Waals surface area contributed by atoms with E-state index in [4.69, 9.17) is 0 Å². The first-order valence-corrected chi connectivity index (χ1v) is 5.48. The minimum absolute atomic E-state index is 0.00321. The van der Waals surface area contributed by atoms with E-state index in [1.54, 1.807) is 0 Å². The van der Waals surface area contributed by atoms with Crippen LogP contribution in [0.2, 0.25) is 0 Å². The predicted octanol–water partition coefficient (Wildman–Crippen LogP) is -0.915. The number of hydrogen-bond donors (Lipinski definition) is 2. The van der Waals surface area contributed by atoms with Crippen molar-refractivity contribution in [3.63, 3.8) is 0 Å². The first kappa shape index (κ1) is 10.4. The van der Waals surface area contributed by atoms with E-state index >= 15 is 0 Å². The molecule has 0 aromatic carbocycles. The van der Waals surface area contributed by atoms with Gasteiger partial charge in [-0.3, -0.25) is 9.59 Å². The molecule has 1 unspecified atom stereocenters. The molecule has 2 atom stereocenters. The number of nitrogens with zero attached hydrogens (tertiary/aromatic N) is 1. The highest BCUT2D eigenvalue weighted by atomic mass is 16.2. The Morgan fingerprint density at radius 3 is 2.93 bits per heavy atom. The fourth-order valence-electron chi connectivity index (χ4n) is 2.15. The normalized spacial score (nSPS) is 31.5. The summed E-state index contributed by atoms with van der Waals surface area (Å²) >= 11 is 0. The number of piperazine rings is 1. The third-order valence-corrected chi connectivity index (χ3v) is 2.97. The zero-order valence-electron chi connectivity index (χ0n) is 8.95. The minimum atomic E-state index is -0.275. The highest BCUT2D eigenvalue weighted by Crippen LogP contribution is 2.11. The summed E-state index contributed by atoms with van der Waals surface area (Å²) in [6.07, 6.45) is 1.13. The average Bonchev–Trinajstić information content (AvgIpc) is 2.64. The Kier molecular flexibility index (Phi) is 2.90. The molecule has 2 aliphatic heterocycles. The molecule has 2 amide bonds. The van der Waals surface area contributed by atoms with Crippen LogP contribution in [0.5, 0.6) is 0 Å². The van der Waals surface area contributed by atoms with E-state index in [9.17, 15) is 9.59 Å². The Labute approximate surface area is 89.2 Å². The topological polar surface area (TPSA) is 61.4 Å². The van der Waals surface area contributed by atoms with E-state index in [1.807, 2.05) is 4.90 Å². The fourth-order valence-corrected chi connectivity index (χ4v) is 2.15. The second kappa shape index (κ2) is 4.18. The van der Waals surface area contributed by atoms with Crippen molar-refractivity contribution in [3.8, 4) is 0 Å². The third kappa shape index (κ3) is 2.28. The molecule has 2 fully saturated rings. The Morgan fingerprint density at radius 2 is 2.33 bits per heavy atom. The highest BCUT2D eigenvalue weighted by molar-refractivity contribution is 5.90. The quantitative estimate of drug-likeness (QED) is 0.590. The van der Waals surface area contributed by atoms with Gasteiger partial charge in [-0.05, 0) is 13.3 Å². The number of rotatable bonds is 1. The molecule has 0 aromatic heterocycles. The number of carbonyl (C=O) groups is 2. The summed E-state index contributed by atoms with van der Waals surface area (Å²) in [5.41, 5.74) is 0. The van der Waals surface area contributed by atoms with Crippen LogP contribution in [0.1, 0.15) is 19.8 Å². The van der Waals surface area contributed by atoms with E-state index in [0.717, 1.165) is 19.6 Å². The fraction of sp³-hybridized carbons (Fsp3) is 0.800. The monoisotopic (exact) mass is 211 g/mol. The maximum Gasteiger partial charge on any atom is 0.245 e. The van der Waals surface area contributed by atoms with Gasteiger partial charge in [-0.15, -0.1) is 0 Å². The van der Waals surface area contributed by atoms with Crippen LogP contribution in [-0.4, -0.2) is 48.4 Å². The van der Waals surface area contributed by atoms with Gasteiger partial charge in [-0.1, -0.05) is 0 Å². The number of nitrogens with one attached hydrogen (secondary N) is 2. The third-order valence-electron chi connectivity index (χ3n) is 2.97. The van der Waals surface area contributed by atoms with Crippen molar-refractivity contribution in [1.82, 2.24) is 15.5 Å². The van der Waals surface area contributed by atoms with Gasteiger partial charge < -0.3 is 15.5 Å². The SMILES string of the molecule is CC1CN(C(=O)[C@H]2CCC(=O)N2)CCN1. The lowest BCUT2D eigenvalue weighted by Crippen LogP contribution is -2.55. The van der Waals surface area contributed by atoms with Crippen LogP contribution in [0.3, 0.4) is 0 Å². The van der Waals surface area contributed by atoms with Gasteiger partial charge in [0.05, 0.1) is 0 Å². The molecule has 2 N–H and O–H groups in total. The summed E-state index contributed by atoms with van der Waals surface area (Å²) in [4.78, 5) is 24.8. The molecule has 5 nitrogen and oxygen atoms in total. The van der Waals surface area contributed by atoms with Crippen molar-refractivity contribution in [2.75, 3.05) is 19.6 Å². The lowest BCUT2D eigenvalue weighted by atomic mass is 10.1. The van der Waals surface area contributed by atoms with Gasteiger partial charge in [0.2, 0.25) is 11.8 Å². The molecule has 2 rings (SSSR count). The summed E-state index contributed by atoms with van der Waals surface area (Å²) < 4.78 is 0. The van der Waals surface area contributed by atoms with E-state index in [2.05, 4.69) is 17.6 Å². The molecule has 0 radical (unpaired) electrons. The molecule has 15 heavy (non-hydrogen) atoms. The first-order valence-electron chi connectivity index (χ1n) is 5.48. The van der Waals surface area contributed by atoms with Crippen LogP contribution in [0.15, 0.2) is 0 Å². The zero-order valence-corrected chi connectivity index (χ0v) is 8.95. The molecule has 84 valence electrons. The van der Waals surface area contributed by atoms with Gasteiger partial charge in [-0.25, -0.2) is 0 Å². The number of amides is 2. The molecule has 0 aliphatic carbocycles. The molecule has 2 saturated heterocycles. The van der Waals surface area contributed by atoms with Crippen LogP contribution < -0.4 is 10.6 Å². The largest absolute Gasteiger partial charge is 0.344 e. The summed E-state index contributed by atoms with van der Waals surface area (Å²) in [7, 11) is 0. The highest BCUT2D eigenvalue weighted by Gasteiger charge is 2.32. The second-order valence-electron chi connectivity index (χ2n) is 4.30. The lowest BCUT2D eigenvalue weighted by Gasteiger charge is -2.33. The molecular formula is C10H17N3O2. The molecule has 0 saturated carbocycles. The average molecular weight is 211 g/mol. The molecule has 0 aromatic rings. The molecule has 5 heteroatoms. The van der Waals surface area contributed by atoms with Gasteiger partial charge in [0.15, 0.2) is 0 Å². The maximum absolute atomic E-state index is 12.0. The Hall–Kier alpha value is -1.10. The van der Waals surface area contributed by atoms with Crippen LogP contribution in [-0.2, 0) is 9.59 Å². The van der Waals surface area contributed by atoms with Crippen molar-refractivity contribution >= 4 is 11.8 Å². The van der Waals surface area contributed by atoms with Crippen molar-refractivity contribution in [1.29, 1.82) is 0 Å². The summed E-state index contributed by atoms with van der Waals surface area (Å²) in [6.45, 7) is 4.39. The van der Waals surface area contributed by atoms with Crippen molar-refractivity contribution < 1.29 is 9.59 Å². The Morgan fingerprint density at radius 1 is 1.53 bits per heavy atom.